The highest BCUT2D eigenvalue weighted by Gasteiger charge is 2.00. The lowest BCUT2D eigenvalue weighted by molar-refractivity contribution is 0.0719. The highest BCUT2D eigenvalue weighted by atomic mass is 35.5. The molecule has 96 valence electrons. The van der Waals surface area contributed by atoms with Gasteiger partial charge in [0.25, 0.3) is 0 Å². The first kappa shape index (κ1) is 14.4. The molecule has 0 aliphatic rings. The molecule has 17 heavy (non-hydrogen) atoms. The molecule has 1 N–H and O–H groups in total. The van der Waals surface area contributed by atoms with Gasteiger partial charge < -0.3 is 14.8 Å². The summed E-state index contributed by atoms with van der Waals surface area (Å²) >= 11 is 5.59. The highest BCUT2D eigenvalue weighted by molar-refractivity contribution is 6.30. The topological polar surface area (TPSA) is 30.5 Å². The van der Waals surface area contributed by atoms with Gasteiger partial charge in [0.15, 0.2) is 0 Å². The molecule has 0 spiro atoms. The molecular weight excluding hydrogens is 245 g/mol. The summed E-state index contributed by atoms with van der Waals surface area (Å²) in [7, 11) is 1.64. The number of benzene rings is 1. The fraction of sp³-hybridized carbons (Fsp3) is 0.500. The summed E-state index contributed by atoms with van der Waals surface area (Å²) in [6.07, 6.45) is 0. The van der Waals surface area contributed by atoms with Crippen LogP contribution in [0.4, 0.5) is 4.39 Å². The zero-order chi connectivity index (χ0) is 12.5. The maximum atomic E-state index is 13.1. The Morgan fingerprint density at radius 3 is 2.82 bits per heavy atom. The van der Waals surface area contributed by atoms with Crippen LogP contribution < -0.4 is 5.32 Å². The van der Waals surface area contributed by atoms with E-state index in [0.29, 0.717) is 32.9 Å². The molecule has 1 rings (SSSR count). The third-order valence-electron chi connectivity index (χ3n) is 2.17. The van der Waals surface area contributed by atoms with E-state index in [1.54, 1.807) is 19.2 Å². The van der Waals surface area contributed by atoms with E-state index in [2.05, 4.69) is 5.32 Å². The molecule has 0 amide bonds. The van der Waals surface area contributed by atoms with E-state index < -0.39 is 0 Å². The molecule has 1 aromatic carbocycles. The lowest BCUT2D eigenvalue weighted by atomic mass is 10.2. The first-order valence-electron chi connectivity index (χ1n) is 5.45. The highest BCUT2D eigenvalue weighted by Crippen LogP contribution is 2.15. The number of ether oxygens (including phenoxy) is 2. The van der Waals surface area contributed by atoms with Gasteiger partial charge >= 0.3 is 0 Å². The van der Waals surface area contributed by atoms with E-state index in [9.17, 15) is 4.39 Å². The van der Waals surface area contributed by atoms with E-state index in [1.807, 2.05) is 0 Å². The van der Waals surface area contributed by atoms with Crippen molar-refractivity contribution in [2.75, 3.05) is 33.5 Å². The Labute approximate surface area is 106 Å². The van der Waals surface area contributed by atoms with Gasteiger partial charge in [-0.3, -0.25) is 0 Å². The van der Waals surface area contributed by atoms with Crippen molar-refractivity contribution in [2.24, 2.45) is 0 Å². The van der Waals surface area contributed by atoms with Crippen molar-refractivity contribution in [1.29, 1.82) is 0 Å². The molecule has 0 saturated heterocycles. The van der Waals surface area contributed by atoms with Gasteiger partial charge in [0, 0.05) is 20.2 Å². The van der Waals surface area contributed by atoms with E-state index in [0.717, 1.165) is 5.56 Å². The number of halogens is 2. The maximum absolute atomic E-state index is 13.1. The Morgan fingerprint density at radius 1 is 1.29 bits per heavy atom. The van der Waals surface area contributed by atoms with Crippen LogP contribution in [-0.4, -0.2) is 33.5 Å². The maximum Gasteiger partial charge on any atom is 0.142 e. The monoisotopic (exact) mass is 261 g/mol. The Bertz CT molecular complexity index is 336. The van der Waals surface area contributed by atoms with Crippen LogP contribution in [0.3, 0.4) is 0 Å². The van der Waals surface area contributed by atoms with Gasteiger partial charge in [-0.15, -0.1) is 0 Å². The van der Waals surface area contributed by atoms with Gasteiger partial charge in [-0.25, -0.2) is 4.39 Å². The van der Waals surface area contributed by atoms with E-state index in [-0.39, 0.29) is 10.8 Å². The molecule has 5 heteroatoms. The lowest BCUT2D eigenvalue weighted by Crippen LogP contribution is -2.20. The fourth-order valence-corrected chi connectivity index (χ4v) is 1.39. The third-order valence-corrected chi connectivity index (χ3v) is 2.47. The normalized spacial score (nSPS) is 10.8. The average Bonchev–Trinajstić information content (AvgIpc) is 2.32. The molecule has 0 bridgehead atoms. The minimum absolute atomic E-state index is 0.150. The van der Waals surface area contributed by atoms with Crippen LogP contribution in [0.15, 0.2) is 18.2 Å². The van der Waals surface area contributed by atoms with Crippen LogP contribution in [0.2, 0.25) is 5.02 Å². The Hall–Kier alpha value is -0.680. The quantitative estimate of drug-likeness (QED) is 0.728. The van der Waals surface area contributed by atoms with Gasteiger partial charge in [0.2, 0.25) is 0 Å². The average molecular weight is 262 g/mol. The second-order valence-corrected chi connectivity index (χ2v) is 3.94. The van der Waals surface area contributed by atoms with Gasteiger partial charge in [0.05, 0.1) is 24.8 Å². The van der Waals surface area contributed by atoms with Crippen molar-refractivity contribution in [3.05, 3.63) is 34.6 Å². The lowest BCUT2D eigenvalue weighted by Gasteiger charge is -2.06. The third kappa shape index (κ3) is 5.98. The molecule has 0 heterocycles. The number of methoxy groups -OCH3 is 1. The van der Waals surface area contributed by atoms with Gasteiger partial charge in [-0.05, 0) is 17.7 Å². The molecule has 0 unspecified atom stereocenters. The van der Waals surface area contributed by atoms with Crippen LogP contribution in [0.5, 0.6) is 0 Å². The first-order chi connectivity index (χ1) is 8.24. The summed E-state index contributed by atoms with van der Waals surface area (Å²) < 4.78 is 23.2. The molecule has 0 fully saturated rings. The van der Waals surface area contributed by atoms with Crippen molar-refractivity contribution in [1.82, 2.24) is 5.32 Å². The smallest absolute Gasteiger partial charge is 0.142 e. The molecule has 1 aromatic rings. The largest absolute Gasteiger partial charge is 0.382 e. The second-order valence-electron chi connectivity index (χ2n) is 3.53. The van der Waals surface area contributed by atoms with Crippen molar-refractivity contribution < 1.29 is 13.9 Å². The predicted octanol–water partition coefficient (Wildman–Crippen LogP) is 2.23. The standard InChI is InChI=1S/C12H17ClFNO2/c1-16-6-7-17-5-4-15-9-10-2-3-11(13)12(14)8-10/h2-3,8,15H,4-7,9H2,1H3. The van der Waals surface area contributed by atoms with Crippen LogP contribution in [0.25, 0.3) is 0 Å². The van der Waals surface area contributed by atoms with Crippen LogP contribution in [0.1, 0.15) is 5.56 Å². The SMILES string of the molecule is COCCOCCNCc1ccc(Cl)c(F)c1. The van der Waals surface area contributed by atoms with Gasteiger partial charge in [-0.1, -0.05) is 17.7 Å². The predicted molar refractivity (Wildman–Crippen MR) is 65.8 cm³/mol. The first-order valence-corrected chi connectivity index (χ1v) is 5.83. The fourth-order valence-electron chi connectivity index (χ4n) is 1.27. The van der Waals surface area contributed by atoms with Crippen molar-refractivity contribution in [3.8, 4) is 0 Å². The minimum atomic E-state index is -0.387. The molecular formula is C12H17ClFNO2. The van der Waals surface area contributed by atoms with Crippen molar-refractivity contribution in [2.45, 2.75) is 6.54 Å². The summed E-state index contributed by atoms with van der Waals surface area (Å²) in [5, 5.41) is 3.30. The number of rotatable bonds is 8. The zero-order valence-electron chi connectivity index (χ0n) is 9.84. The second kappa shape index (κ2) is 8.42. The van der Waals surface area contributed by atoms with Gasteiger partial charge in [0.1, 0.15) is 5.82 Å². The van der Waals surface area contributed by atoms with Crippen LogP contribution >= 0.6 is 11.6 Å². The van der Waals surface area contributed by atoms with E-state index in [4.69, 9.17) is 21.1 Å². The molecule has 0 aliphatic heterocycles. The zero-order valence-corrected chi connectivity index (χ0v) is 10.6. The number of nitrogens with one attached hydrogen (secondary N) is 1. The van der Waals surface area contributed by atoms with Crippen LogP contribution in [-0.2, 0) is 16.0 Å². The Kier molecular flexibility index (Phi) is 7.12. The Balaban J connectivity index is 2.11. The molecule has 3 nitrogen and oxygen atoms in total. The van der Waals surface area contributed by atoms with Crippen molar-refractivity contribution in [3.63, 3.8) is 0 Å². The minimum Gasteiger partial charge on any atom is -0.382 e. The molecule has 0 aromatic heterocycles. The van der Waals surface area contributed by atoms with Gasteiger partial charge in [-0.2, -0.15) is 0 Å². The summed E-state index contributed by atoms with van der Waals surface area (Å²) in [5.74, 6) is -0.387. The van der Waals surface area contributed by atoms with Crippen LogP contribution in [0, 0.1) is 5.82 Å². The van der Waals surface area contributed by atoms with Crippen molar-refractivity contribution >= 4 is 11.6 Å². The van der Waals surface area contributed by atoms with E-state index >= 15 is 0 Å². The molecule has 0 radical (unpaired) electrons. The molecule has 0 atom stereocenters. The Morgan fingerprint density at radius 2 is 2.12 bits per heavy atom. The summed E-state index contributed by atoms with van der Waals surface area (Å²) in [6, 6.07) is 4.79. The number of hydrogen-bond acceptors (Lipinski definition) is 3. The number of hydrogen-bond donors (Lipinski definition) is 1. The molecule has 0 saturated carbocycles. The summed E-state index contributed by atoms with van der Waals surface area (Å²) in [4.78, 5) is 0. The van der Waals surface area contributed by atoms with E-state index in [1.165, 1.54) is 6.07 Å². The summed E-state index contributed by atoms with van der Waals surface area (Å²) in [5.41, 5.74) is 0.865. The summed E-state index contributed by atoms with van der Waals surface area (Å²) in [6.45, 7) is 3.12. The molecule has 0 aliphatic carbocycles.